The van der Waals surface area contributed by atoms with Crippen LogP contribution in [0.3, 0.4) is 0 Å². The standard InChI is InChI=1S/C15H12O3/c1-2-7-15(18-11-12-5-3-9-16-12)13(6-1)14-8-4-10-17-14/h1-10H,11H2. The van der Waals surface area contributed by atoms with E-state index in [1.807, 2.05) is 48.5 Å². The number of hydrogen-bond donors (Lipinski definition) is 0. The van der Waals surface area contributed by atoms with Crippen molar-refractivity contribution in [2.24, 2.45) is 0 Å². The van der Waals surface area contributed by atoms with E-state index in [0.717, 1.165) is 22.8 Å². The maximum atomic E-state index is 5.75. The van der Waals surface area contributed by atoms with Crippen LogP contribution < -0.4 is 4.74 Å². The van der Waals surface area contributed by atoms with Crippen molar-refractivity contribution in [3.63, 3.8) is 0 Å². The lowest BCUT2D eigenvalue weighted by Gasteiger charge is -2.08. The zero-order valence-corrected chi connectivity index (χ0v) is 9.71. The van der Waals surface area contributed by atoms with Crippen molar-refractivity contribution in [2.45, 2.75) is 6.61 Å². The first-order chi connectivity index (χ1) is 8.93. The largest absolute Gasteiger partial charge is 0.485 e. The van der Waals surface area contributed by atoms with Gasteiger partial charge in [-0.15, -0.1) is 0 Å². The first-order valence-electron chi connectivity index (χ1n) is 5.71. The molecular weight excluding hydrogens is 228 g/mol. The van der Waals surface area contributed by atoms with Crippen molar-refractivity contribution < 1.29 is 13.6 Å². The summed E-state index contributed by atoms with van der Waals surface area (Å²) in [6.07, 6.45) is 3.29. The zero-order chi connectivity index (χ0) is 12.2. The van der Waals surface area contributed by atoms with Crippen molar-refractivity contribution >= 4 is 0 Å². The van der Waals surface area contributed by atoms with E-state index < -0.39 is 0 Å². The van der Waals surface area contributed by atoms with Crippen molar-refractivity contribution in [2.75, 3.05) is 0 Å². The zero-order valence-electron chi connectivity index (χ0n) is 9.71. The molecule has 3 nitrogen and oxygen atoms in total. The lowest BCUT2D eigenvalue weighted by Crippen LogP contribution is -1.95. The number of rotatable bonds is 4. The summed E-state index contributed by atoms with van der Waals surface area (Å²) in [7, 11) is 0. The van der Waals surface area contributed by atoms with E-state index in [0.29, 0.717) is 6.61 Å². The molecule has 0 fully saturated rings. The fourth-order valence-electron chi connectivity index (χ4n) is 1.77. The average Bonchev–Trinajstić information content (AvgIpc) is 3.10. The Hall–Kier alpha value is -2.42. The van der Waals surface area contributed by atoms with E-state index in [4.69, 9.17) is 13.6 Å². The predicted octanol–water partition coefficient (Wildman–Crippen LogP) is 4.12. The maximum absolute atomic E-state index is 5.75. The molecule has 3 rings (SSSR count). The number of hydrogen-bond acceptors (Lipinski definition) is 3. The molecule has 0 saturated heterocycles. The highest BCUT2D eigenvalue weighted by Gasteiger charge is 2.08. The Balaban J connectivity index is 1.84. The van der Waals surface area contributed by atoms with E-state index in [-0.39, 0.29) is 0 Å². The highest BCUT2D eigenvalue weighted by molar-refractivity contribution is 5.65. The number of furan rings is 2. The third-order valence-corrected chi connectivity index (χ3v) is 2.62. The molecule has 1 aromatic carbocycles. The van der Waals surface area contributed by atoms with Crippen LogP contribution in [0.5, 0.6) is 5.75 Å². The minimum Gasteiger partial charge on any atom is -0.485 e. The molecular formula is C15H12O3. The second-order valence-electron chi connectivity index (χ2n) is 3.84. The molecule has 0 atom stereocenters. The van der Waals surface area contributed by atoms with Gasteiger partial charge in [0.25, 0.3) is 0 Å². The van der Waals surface area contributed by atoms with Gasteiger partial charge in [-0.1, -0.05) is 12.1 Å². The summed E-state index contributed by atoms with van der Waals surface area (Å²) in [6.45, 7) is 0.407. The molecule has 0 aliphatic rings. The molecule has 0 aliphatic heterocycles. The summed E-state index contributed by atoms with van der Waals surface area (Å²) < 4.78 is 16.4. The van der Waals surface area contributed by atoms with Gasteiger partial charge in [0.15, 0.2) is 0 Å². The van der Waals surface area contributed by atoms with Gasteiger partial charge in [-0.25, -0.2) is 0 Å². The van der Waals surface area contributed by atoms with Crippen LogP contribution in [-0.2, 0) is 6.61 Å². The molecule has 2 aromatic heterocycles. The molecule has 0 bridgehead atoms. The van der Waals surface area contributed by atoms with E-state index in [2.05, 4.69) is 0 Å². The van der Waals surface area contributed by atoms with Crippen LogP contribution >= 0.6 is 0 Å². The van der Waals surface area contributed by atoms with Gasteiger partial charge < -0.3 is 13.6 Å². The van der Waals surface area contributed by atoms with Gasteiger partial charge >= 0.3 is 0 Å². The molecule has 0 aliphatic carbocycles. The molecule has 0 radical (unpaired) electrons. The van der Waals surface area contributed by atoms with E-state index in [1.54, 1.807) is 12.5 Å². The fourth-order valence-corrected chi connectivity index (χ4v) is 1.77. The topological polar surface area (TPSA) is 35.5 Å². The molecule has 0 amide bonds. The maximum Gasteiger partial charge on any atom is 0.146 e. The second kappa shape index (κ2) is 4.84. The minimum absolute atomic E-state index is 0.407. The summed E-state index contributed by atoms with van der Waals surface area (Å²) in [5.41, 5.74) is 0.939. The van der Waals surface area contributed by atoms with Crippen LogP contribution in [-0.4, -0.2) is 0 Å². The summed E-state index contributed by atoms with van der Waals surface area (Å²) in [5, 5.41) is 0. The van der Waals surface area contributed by atoms with Gasteiger partial charge in [-0.05, 0) is 36.4 Å². The quantitative estimate of drug-likeness (QED) is 0.688. The number of para-hydroxylation sites is 1. The summed E-state index contributed by atoms with van der Waals surface area (Å²) in [4.78, 5) is 0. The molecule has 3 heteroatoms. The van der Waals surface area contributed by atoms with Gasteiger partial charge in [-0.2, -0.15) is 0 Å². The first-order valence-corrected chi connectivity index (χ1v) is 5.71. The van der Waals surface area contributed by atoms with Gasteiger partial charge in [-0.3, -0.25) is 0 Å². The monoisotopic (exact) mass is 240 g/mol. The summed E-state index contributed by atoms with van der Waals surface area (Å²) in [6, 6.07) is 15.3. The van der Waals surface area contributed by atoms with Gasteiger partial charge in [0, 0.05) is 0 Å². The molecule has 18 heavy (non-hydrogen) atoms. The van der Waals surface area contributed by atoms with Gasteiger partial charge in [0.1, 0.15) is 23.9 Å². The molecule has 0 spiro atoms. The molecule has 90 valence electrons. The van der Waals surface area contributed by atoms with Gasteiger partial charge in [0.05, 0.1) is 18.1 Å². The highest BCUT2D eigenvalue weighted by atomic mass is 16.5. The highest BCUT2D eigenvalue weighted by Crippen LogP contribution is 2.30. The molecule has 0 N–H and O–H groups in total. The smallest absolute Gasteiger partial charge is 0.146 e. The van der Waals surface area contributed by atoms with Crippen LogP contribution in [0.2, 0.25) is 0 Å². The van der Waals surface area contributed by atoms with Crippen molar-refractivity contribution in [3.8, 4) is 17.1 Å². The van der Waals surface area contributed by atoms with Crippen LogP contribution in [0.15, 0.2) is 69.9 Å². The molecule has 0 saturated carbocycles. The Morgan fingerprint density at radius 2 is 1.67 bits per heavy atom. The predicted molar refractivity (Wildman–Crippen MR) is 67.2 cm³/mol. The summed E-state index contributed by atoms with van der Waals surface area (Å²) >= 11 is 0. The van der Waals surface area contributed by atoms with Crippen molar-refractivity contribution in [1.29, 1.82) is 0 Å². The SMILES string of the molecule is c1coc(COc2ccccc2-c2ccco2)c1. The Labute approximate surface area is 105 Å². The Kier molecular flexibility index (Phi) is 2.88. The number of benzene rings is 1. The third kappa shape index (κ3) is 2.15. The third-order valence-electron chi connectivity index (χ3n) is 2.62. The van der Waals surface area contributed by atoms with Crippen LogP contribution in [0.25, 0.3) is 11.3 Å². The minimum atomic E-state index is 0.407. The Morgan fingerprint density at radius 1 is 0.833 bits per heavy atom. The van der Waals surface area contributed by atoms with E-state index in [9.17, 15) is 0 Å². The first kappa shape index (κ1) is 10.7. The van der Waals surface area contributed by atoms with Crippen LogP contribution in [0.1, 0.15) is 5.76 Å². The normalized spacial score (nSPS) is 10.4. The average molecular weight is 240 g/mol. The summed E-state index contributed by atoms with van der Waals surface area (Å²) in [5.74, 6) is 2.37. The van der Waals surface area contributed by atoms with Crippen LogP contribution in [0.4, 0.5) is 0 Å². The Bertz CT molecular complexity index is 594. The molecule has 0 unspecified atom stereocenters. The number of ether oxygens (including phenoxy) is 1. The fraction of sp³-hybridized carbons (Fsp3) is 0.0667. The second-order valence-corrected chi connectivity index (χ2v) is 3.84. The van der Waals surface area contributed by atoms with Crippen LogP contribution in [0, 0.1) is 0 Å². The van der Waals surface area contributed by atoms with E-state index in [1.165, 1.54) is 0 Å². The lowest BCUT2D eigenvalue weighted by atomic mass is 10.1. The molecule has 3 aromatic rings. The lowest BCUT2D eigenvalue weighted by molar-refractivity contribution is 0.271. The van der Waals surface area contributed by atoms with Gasteiger partial charge in [0.2, 0.25) is 0 Å². The van der Waals surface area contributed by atoms with Crippen molar-refractivity contribution in [1.82, 2.24) is 0 Å². The Morgan fingerprint density at radius 3 is 2.44 bits per heavy atom. The van der Waals surface area contributed by atoms with Crippen molar-refractivity contribution in [3.05, 3.63) is 66.8 Å². The molecule has 2 heterocycles. The van der Waals surface area contributed by atoms with E-state index >= 15 is 0 Å².